The number of carbonyl (C=O) groups is 1. The molecule has 0 aliphatic carbocycles. The first kappa shape index (κ1) is 13.4. The summed E-state index contributed by atoms with van der Waals surface area (Å²) < 4.78 is 6.91. The van der Waals surface area contributed by atoms with Gasteiger partial charge in [0.2, 0.25) is 0 Å². The summed E-state index contributed by atoms with van der Waals surface area (Å²) in [5.74, 6) is -0.470. The number of nitrogens with two attached hydrogens (primary N) is 1. The number of nitrogens with zero attached hydrogens (tertiary/aromatic N) is 2. The van der Waals surface area contributed by atoms with Crippen LogP contribution >= 0.6 is 11.6 Å². The molecule has 0 fully saturated rings. The molecule has 0 saturated heterocycles. The molecule has 0 aliphatic rings. The van der Waals surface area contributed by atoms with Gasteiger partial charge in [-0.3, -0.25) is 4.68 Å². The third-order valence-electron chi connectivity index (χ3n) is 2.75. The van der Waals surface area contributed by atoms with Crippen molar-refractivity contribution in [3.05, 3.63) is 46.7 Å². The van der Waals surface area contributed by atoms with Gasteiger partial charge in [0.25, 0.3) is 0 Å². The minimum atomic E-state index is -0.470. The highest BCUT2D eigenvalue weighted by Crippen LogP contribution is 2.18. The molecule has 6 heteroatoms. The van der Waals surface area contributed by atoms with Crippen molar-refractivity contribution in [1.29, 1.82) is 0 Å². The average Bonchev–Trinajstić information content (AvgIpc) is 2.78. The number of ether oxygens (including phenoxy) is 1. The highest BCUT2D eigenvalue weighted by atomic mass is 35.5. The summed E-state index contributed by atoms with van der Waals surface area (Å²) in [4.78, 5) is 11.8. The van der Waals surface area contributed by atoms with Crippen molar-refractivity contribution in [3.8, 4) is 0 Å². The lowest BCUT2D eigenvalue weighted by Crippen LogP contribution is -2.11. The molecule has 2 aromatic rings. The summed E-state index contributed by atoms with van der Waals surface area (Å²) in [6.45, 7) is 0.268. The Balaban J connectivity index is 1.94. The van der Waals surface area contributed by atoms with Gasteiger partial charge in [0, 0.05) is 36.1 Å². The third-order valence-corrected chi connectivity index (χ3v) is 2.98. The topological polar surface area (TPSA) is 70.1 Å². The van der Waals surface area contributed by atoms with Gasteiger partial charge in [-0.25, -0.2) is 4.79 Å². The molecule has 0 atom stereocenters. The molecule has 5 nitrogen and oxygen atoms in total. The van der Waals surface area contributed by atoms with Crippen molar-refractivity contribution in [2.24, 2.45) is 7.05 Å². The van der Waals surface area contributed by atoms with E-state index >= 15 is 0 Å². The Labute approximate surface area is 115 Å². The number of nitrogen functional groups attached to an aromatic ring is 1. The Morgan fingerprint density at radius 1 is 1.47 bits per heavy atom. The SMILES string of the molecule is Cn1nccc1CCOC(=O)c1cc(Cl)ccc1N. The second kappa shape index (κ2) is 5.75. The van der Waals surface area contributed by atoms with Crippen molar-refractivity contribution >= 4 is 23.3 Å². The second-order valence-electron chi connectivity index (χ2n) is 4.06. The molecule has 100 valence electrons. The fourth-order valence-corrected chi connectivity index (χ4v) is 1.85. The third kappa shape index (κ3) is 3.26. The lowest BCUT2D eigenvalue weighted by molar-refractivity contribution is 0.0509. The van der Waals surface area contributed by atoms with E-state index in [2.05, 4.69) is 5.10 Å². The van der Waals surface area contributed by atoms with Gasteiger partial charge in [-0.05, 0) is 24.3 Å². The number of hydrogen-bond donors (Lipinski definition) is 1. The van der Waals surface area contributed by atoms with Crippen LogP contribution in [0.25, 0.3) is 0 Å². The van der Waals surface area contributed by atoms with E-state index in [1.165, 1.54) is 6.07 Å². The average molecular weight is 280 g/mol. The number of carbonyl (C=O) groups excluding carboxylic acids is 1. The highest BCUT2D eigenvalue weighted by molar-refractivity contribution is 6.31. The van der Waals surface area contributed by atoms with Gasteiger partial charge in [-0.1, -0.05) is 11.6 Å². The van der Waals surface area contributed by atoms with E-state index in [0.29, 0.717) is 17.1 Å². The molecule has 0 unspecified atom stereocenters. The molecule has 0 radical (unpaired) electrons. The van der Waals surface area contributed by atoms with E-state index < -0.39 is 5.97 Å². The molecule has 0 amide bonds. The van der Waals surface area contributed by atoms with Gasteiger partial charge >= 0.3 is 5.97 Å². The van der Waals surface area contributed by atoms with Crippen LogP contribution in [0.4, 0.5) is 5.69 Å². The number of rotatable bonds is 4. The van der Waals surface area contributed by atoms with Crippen LogP contribution in [-0.4, -0.2) is 22.4 Å². The second-order valence-corrected chi connectivity index (χ2v) is 4.50. The summed E-state index contributed by atoms with van der Waals surface area (Å²) in [7, 11) is 1.84. The maximum absolute atomic E-state index is 11.8. The smallest absolute Gasteiger partial charge is 0.340 e. The number of benzene rings is 1. The molecule has 1 heterocycles. The fraction of sp³-hybridized carbons (Fsp3) is 0.231. The number of halogens is 1. The minimum absolute atomic E-state index is 0.268. The van der Waals surface area contributed by atoms with Crippen LogP contribution in [0, 0.1) is 0 Å². The number of anilines is 1. The Hall–Kier alpha value is -2.01. The van der Waals surface area contributed by atoms with Crippen molar-refractivity contribution in [3.63, 3.8) is 0 Å². The van der Waals surface area contributed by atoms with Gasteiger partial charge in [0.1, 0.15) is 0 Å². The molecule has 0 saturated carbocycles. The van der Waals surface area contributed by atoms with Gasteiger partial charge in [0.05, 0.1) is 12.2 Å². The number of aromatic nitrogens is 2. The van der Waals surface area contributed by atoms with E-state index in [1.807, 2.05) is 13.1 Å². The Morgan fingerprint density at radius 3 is 2.95 bits per heavy atom. The molecule has 0 aliphatic heterocycles. The van der Waals surface area contributed by atoms with Gasteiger partial charge in [0.15, 0.2) is 0 Å². The highest BCUT2D eigenvalue weighted by Gasteiger charge is 2.12. The molecule has 1 aromatic heterocycles. The molecule has 2 rings (SSSR count). The van der Waals surface area contributed by atoms with E-state index in [1.54, 1.807) is 23.0 Å². The molecule has 2 N–H and O–H groups in total. The van der Waals surface area contributed by atoms with Crippen LogP contribution in [0.15, 0.2) is 30.5 Å². The van der Waals surface area contributed by atoms with Crippen LogP contribution in [0.2, 0.25) is 5.02 Å². The van der Waals surface area contributed by atoms with Crippen LogP contribution in [-0.2, 0) is 18.2 Å². The predicted octanol–water partition coefficient (Wildman–Crippen LogP) is 2.06. The summed E-state index contributed by atoms with van der Waals surface area (Å²) in [5.41, 5.74) is 7.35. The normalized spacial score (nSPS) is 10.4. The summed E-state index contributed by atoms with van der Waals surface area (Å²) >= 11 is 5.82. The lowest BCUT2D eigenvalue weighted by Gasteiger charge is -2.07. The van der Waals surface area contributed by atoms with Crippen molar-refractivity contribution in [2.45, 2.75) is 6.42 Å². The maximum Gasteiger partial charge on any atom is 0.340 e. The molecule has 0 bridgehead atoms. The Morgan fingerprint density at radius 2 is 2.26 bits per heavy atom. The van der Waals surface area contributed by atoms with Gasteiger partial charge < -0.3 is 10.5 Å². The monoisotopic (exact) mass is 279 g/mol. The summed E-state index contributed by atoms with van der Waals surface area (Å²) in [6, 6.07) is 6.59. The largest absolute Gasteiger partial charge is 0.462 e. The zero-order chi connectivity index (χ0) is 13.8. The van der Waals surface area contributed by atoms with E-state index in [4.69, 9.17) is 22.1 Å². The van der Waals surface area contributed by atoms with Crippen molar-refractivity contribution in [1.82, 2.24) is 9.78 Å². The first-order chi connectivity index (χ1) is 9.08. The van der Waals surface area contributed by atoms with Crippen LogP contribution in [0.5, 0.6) is 0 Å². The minimum Gasteiger partial charge on any atom is -0.462 e. The number of hydrogen-bond acceptors (Lipinski definition) is 4. The van der Waals surface area contributed by atoms with Crippen molar-refractivity contribution < 1.29 is 9.53 Å². The zero-order valence-corrected chi connectivity index (χ0v) is 11.2. The molecule has 19 heavy (non-hydrogen) atoms. The van der Waals surface area contributed by atoms with Crippen molar-refractivity contribution in [2.75, 3.05) is 12.3 Å². The van der Waals surface area contributed by atoms with E-state index in [9.17, 15) is 4.79 Å². The van der Waals surface area contributed by atoms with Crippen LogP contribution in [0.1, 0.15) is 16.1 Å². The maximum atomic E-state index is 11.8. The molecule has 0 spiro atoms. The molecular formula is C13H14ClN3O2. The first-order valence-corrected chi connectivity index (χ1v) is 6.15. The number of esters is 1. The standard InChI is InChI=1S/C13H14ClN3O2/c1-17-10(4-6-16-17)5-7-19-13(18)11-8-9(14)2-3-12(11)15/h2-4,6,8H,5,7,15H2,1H3. The first-order valence-electron chi connectivity index (χ1n) is 5.77. The van der Waals surface area contributed by atoms with E-state index in [0.717, 1.165) is 5.69 Å². The molecular weight excluding hydrogens is 266 g/mol. The lowest BCUT2D eigenvalue weighted by atomic mass is 10.2. The van der Waals surface area contributed by atoms with E-state index in [-0.39, 0.29) is 12.2 Å². The number of aryl methyl sites for hydroxylation is 1. The van der Waals surface area contributed by atoms with Crippen LogP contribution in [0.3, 0.4) is 0 Å². The van der Waals surface area contributed by atoms with Gasteiger partial charge in [-0.2, -0.15) is 5.10 Å². The molecule has 1 aromatic carbocycles. The van der Waals surface area contributed by atoms with Gasteiger partial charge in [-0.15, -0.1) is 0 Å². The predicted molar refractivity (Wildman–Crippen MR) is 73.1 cm³/mol. The van der Waals surface area contributed by atoms with Crippen LogP contribution < -0.4 is 5.73 Å². The Kier molecular flexibility index (Phi) is 4.06. The summed E-state index contributed by atoms with van der Waals surface area (Å²) in [6.07, 6.45) is 2.30. The fourth-order valence-electron chi connectivity index (χ4n) is 1.68. The quantitative estimate of drug-likeness (QED) is 0.687. The Bertz CT molecular complexity index is 595. The summed E-state index contributed by atoms with van der Waals surface area (Å²) in [5, 5.41) is 4.49. The zero-order valence-electron chi connectivity index (χ0n) is 10.5.